The van der Waals surface area contributed by atoms with Crippen LogP contribution in [0.4, 0.5) is 0 Å². The Morgan fingerprint density at radius 2 is 2.12 bits per heavy atom. The van der Waals surface area contributed by atoms with Crippen molar-refractivity contribution in [1.29, 1.82) is 5.26 Å². The predicted molar refractivity (Wildman–Crippen MR) is 107 cm³/mol. The topological polar surface area (TPSA) is 74.7 Å². The standard InChI is InChI=1S/C19H22N4OS.ClH/c1-12(24)19-22-16-11-21-15-8-10-25-18(15)17(16)23(19)14-6-4-13(5-7-14)3-2-9-20;/h8,10-14,24H,2-7H2,1H3;1H/t12-,13?,14?;/m1./s1. The molecular weight excluding hydrogens is 368 g/mol. The van der Waals surface area contributed by atoms with E-state index in [2.05, 4.69) is 21.0 Å². The highest BCUT2D eigenvalue weighted by atomic mass is 35.5. The molecule has 3 heterocycles. The summed E-state index contributed by atoms with van der Waals surface area (Å²) in [7, 11) is 0. The lowest BCUT2D eigenvalue weighted by Crippen LogP contribution is -2.20. The maximum absolute atomic E-state index is 10.3. The Balaban J connectivity index is 0.00000196. The molecule has 4 rings (SSSR count). The smallest absolute Gasteiger partial charge is 0.138 e. The Morgan fingerprint density at radius 1 is 1.35 bits per heavy atom. The van der Waals surface area contributed by atoms with E-state index in [1.165, 1.54) is 0 Å². The molecule has 5 nitrogen and oxygen atoms in total. The summed E-state index contributed by atoms with van der Waals surface area (Å²) in [6.07, 6.45) is 7.34. The lowest BCUT2D eigenvalue weighted by Gasteiger charge is -2.31. The van der Waals surface area contributed by atoms with E-state index in [1.807, 2.05) is 12.3 Å². The number of nitrogens with zero attached hydrogens (tertiary/aromatic N) is 4. The van der Waals surface area contributed by atoms with Gasteiger partial charge < -0.3 is 9.67 Å². The Kier molecular flexibility index (Phi) is 5.81. The Hall–Kier alpha value is -1.68. The molecule has 1 aliphatic rings. The molecule has 0 bridgehead atoms. The van der Waals surface area contributed by atoms with Crippen LogP contribution in [0.5, 0.6) is 0 Å². The van der Waals surface area contributed by atoms with Crippen molar-refractivity contribution in [2.24, 2.45) is 5.92 Å². The van der Waals surface area contributed by atoms with Crippen LogP contribution < -0.4 is 0 Å². The molecular formula is C19H23ClN4OS. The number of aliphatic hydroxyl groups excluding tert-OH is 1. The van der Waals surface area contributed by atoms with E-state index in [4.69, 9.17) is 10.2 Å². The molecule has 3 aromatic rings. The molecule has 138 valence electrons. The first-order valence-corrected chi connectivity index (χ1v) is 9.86. The predicted octanol–water partition coefficient (Wildman–Crippen LogP) is 5.16. The third-order valence-corrected chi connectivity index (χ3v) is 6.28. The molecule has 7 heteroatoms. The number of halogens is 1. The monoisotopic (exact) mass is 390 g/mol. The molecule has 1 atom stereocenters. The second-order valence-electron chi connectivity index (χ2n) is 7.01. The number of hydrogen-bond donors (Lipinski definition) is 1. The van der Waals surface area contributed by atoms with Crippen molar-refractivity contribution in [2.45, 2.75) is 57.6 Å². The van der Waals surface area contributed by atoms with Gasteiger partial charge in [-0.3, -0.25) is 4.98 Å². The average molecular weight is 391 g/mol. The van der Waals surface area contributed by atoms with Gasteiger partial charge in [-0.2, -0.15) is 5.26 Å². The molecule has 1 saturated carbocycles. The van der Waals surface area contributed by atoms with E-state index in [0.717, 1.165) is 59.2 Å². The molecule has 1 fully saturated rings. The van der Waals surface area contributed by atoms with Crippen molar-refractivity contribution in [3.63, 3.8) is 0 Å². The van der Waals surface area contributed by atoms with E-state index < -0.39 is 6.10 Å². The molecule has 1 aliphatic carbocycles. The van der Waals surface area contributed by atoms with Crippen molar-refractivity contribution in [2.75, 3.05) is 0 Å². The van der Waals surface area contributed by atoms with Crippen LogP contribution in [0.2, 0.25) is 0 Å². The number of thiophene rings is 1. The van der Waals surface area contributed by atoms with Gasteiger partial charge in [0.05, 0.1) is 28.0 Å². The van der Waals surface area contributed by atoms with Crippen LogP contribution in [0.15, 0.2) is 17.6 Å². The van der Waals surface area contributed by atoms with Crippen molar-refractivity contribution in [3.8, 4) is 6.07 Å². The van der Waals surface area contributed by atoms with Gasteiger partial charge in [0, 0.05) is 12.5 Å². The summed E-state index contributed by atoms with van der Waals surface area (Å²) in [4.78, 5) is 9.20. The summed E-state index contributed by atoms with van der Waals surface area (Å²) < 4.78 is 3.43. The van der Waals surface area contributed by atoms with Crippen molar-refractivity contribution in [3.05, 3.63) is 23.5 Å². The summed E-state index contributed by atoms with van der Waals surface area (Å²) in [6, 6.07) is 4.67. The van der Waals surface area contributed by atoms with Crippen molar-refractivity contribution < 1.29 is 5.11 Å². The summed E-state index contributed by atoms with van der Waals surface area (Å²) in [5.74, 6) is 1.40. The third-order valence-electron chi connectivity index (χ3n) is 5.37. The minimum Gasteiger partial charge on any atom is -0.385 e. The number of hydrogen-bond acceptors (Lipinski definition) is 5. The van der Waals surface area contributed by atoms with E-state index >= 15 is 0 Å². The summed E-state index contributed by atoms with van der Waals surface area (Å²) >= 11 is 1.69. The van der Waals surface area contributed by atoms with Crippen LogP contribution in [0.25, 0.3) is 21.3 Å². The largest absolute Gasteiger partial charge is 0.385 e. The highest BCUT2D eigenvalue weighted by molar-refractivity contribution is 7.18. The van der Waals surface area contributed by atoms with E-state index in [9.17, 15) is 5.11 Å². The first kappa shape index (κ1) is 19.1. The van der Waals surface area contributed by atoms with Gasteiger partial charge in [-0.1, -0.05) is 0 Å². The van der Waals surface area contributed by atoms with Crippen LogP contribution in [0.1, 0.15) is 63.4 Å². The van der Waals surface area contributed by atoms with Gasteiger partial charge in [-0.05, 0) is 56.4 Å². The molecule has 0 unspecified atom stereocenters. The second-order valence-corrected chi connectivity index (χ2v) is 7.93. The number of fused-ring (bicyclic) bond motifs is 3. The van der Waals surface area contributed by atoms with Gasteiger partial charge in [0.2, 0.25) is 0 Å². The Bertz CT molecular complexity index is 934. The lowest BCUT2D eigenvalue weighted by molar-refractivity contribution is 0.174. The molecule has 26 heavy (non-hydrogen) atoms. The zero-order valence-electron chi connectivity index (χ0n) is 14.8. The fourth-order valence-electron chi connectivity index (χ4n) is 4.12. The van der Waals surface area contributed by atoms with Crippen LogP contribution >= 0.6 is 23.7 Å². The van der Waals surface area contributed by atoms with Gasteiger partial charge >= 0.3 is 0 Å². The molecule has 0 aliphatic heterocycles. The van der Waals surface area contributed by atoms with E-state index in [0.29, 0.717) is 18.4 Å². The minimum absolute atomic E-state index is 0. The second kappa shape index (κ2) is 7.91. The quantitative estimate of drug-likeness (QED) is 0.667. The Morgan fingerprint density at radius 3 is 2.81 bits per heavy atom. The minimum atomic E-state index is -0.598. The molecule has 0 aromatic carbocycles. The molecule has 0 spiro atoms. The van der Waals surface area contributed by atoms with Crippen molar-refractivity contribution in [1.82, 2.24) is 14.5 Å². The Labute approximate surface area is 163 Å². The van der Waals surface area contributed by atoms with Crippen LogP contribution in [0, 0.1) is 17.2 Å². The SMILES string of the molecule is C[C@@H](O)c1nc2cnc3ccsc3c2n1C1CCC(CCC#N)CC1.Cl. The average Bonchev–Trinajstić information content (AvgIpc) is 3.24. The summed E-state index contributed by atoms with van der Waals surface area (Å²) in [6.45, 7) is 1.79. The van der Waals surface area contributed by atoms with Gasteiger partial charge in [-0.15, -0.1) is 23.7 Å². The maximum atomic E-state index is 10.3. The zero-order chi connectivity index (χ0) is 17.4. The van der Waals surface area contributed by atoms with Gasteiger partial charge in [0.1, 0.15) is 17.4 Å². The van der Waals surface area contributed by atoms with Crippen molar-refractivity contribution >= 4 is 45.0 Å². The van der Waals surface area contributed by atoms with Crippen LogP contribution in [-0.4, -0.2) is 19.6 Å². The molecule has 0 radical (unpaired) electrons. The van der Waals surface area contributed by atoms with Gasteiger partial charge in [0.25, 0.3) is 0 Å². The number of rotatable bonds is 4. The fourth-order valence-corrected chi connectivity index (χ4v) is 5.01. The first-order chi connectivity index (χ1) is 12.2. The normalized spacial score (nSPS) is 21.4. The van der Waals surface area contributed by atoms with Gasteiger partial charge in [-0.25, -0.2) is 4.98 Å². The summed E-state index contributed by atoms with van der Waals surface area (Å²) in [5, 5.41) is 21.2. The number of nitriles is 1. The first-order valence-electron chi connectivity index (χ1n) is 8.98. The number of pyridine rings is 1. The number of aliphatic hydroxyl groups is 1. The van der Waals surface area contributed by atoms with Crippen LogP contribution in [0.3, 0.4) is 0 Å². The molecule has 0 saturated heterocycles. The summed E-state index contributed by atoms with van der Waals surface area (Å²) in [5.41, 5.74) is 2.99. The maximum Gasteiger partial charge on any atom is 0.138 e. The lowest BCUT2D eigenvalue weighted by atomic mass is 9.83. The molecule has 1 N–H and O–H groups in total. The zero-order valence-corrected chi connectivity index (χ0v) is 16.4. The molecule has 0 amide bonds. The number of imidazole rings is 1. The van der Waals surface area contributed by atoms with Crippen LogP contribution in [-0.2, 0) is 0 Å². The highest BCUT2D eigenvalue weighted by Gasteiger charge is 2.28. The van der Waals surface area contributed by atoms with E-state index in [1.54, 1.807) is 18.3 Å². The fraction of sp³-hybridized carbons (Fsp3) is 0.526. The van der Waals surface area contributed by atoms with Gasteiger partial charge in [0.15, 0.2) is 0 Å². The molecule has 3 aromatic heterocycles. The number of aromatic nitrogens is 3. The highest BCUT2D eigenvalue weighted by Crippen LogP contribution is 2.40. The van der Waals surface area contributed by atoms with E-state index in [-0.39, 0.29) is 12.4 Å². The third kappa shape index (κ3) is 3.32.